The minimum absolute atomic E-state index is 0.0552. The normalized spacial score (nSPS) is 27.4. The van der Waals surface area contributed by atoms with Crippen molar-refractivity contribution in [3.63, 3.8) is 0 Å². The van der Waals surface area contributed by atoms with Crippen molar-refractivity contribution in [1.82, 2.24) is 0 Å². The van der Waals surface area contributed by atoms with Crippen molar-refractivity contribution in [1.29, 1.82) is 0 Å². The third-order valence-electron chi connectivity index (χ3n) is 4.47. The van der Waals surface area contributed by atoms with Gasteiger partial charge in [0, 0.05) is 30.4 Å². The number of esters is 1. The Morgan fingerprint density at radius 1 is 1.19 bits per heavy atom. The molecule has 3 rings (SSSR count). The quantitative estimate of drug-likeness (QED) is 0.484. The second kappa shape index (κ2) is 5.27. The van der Waals surface area contributed by atoms with E-state index in [1.54, 1.807) is 0 Å². The van der Waals surface area contributed by atoms with Crippen LogP contribution in [0.15, 0.2) is 24.3 Å². The summed E-state index contributed by atoms with van der Waals surface area (Å²) < 4.78 is 5.50. The minimum atomic E-state index is -0.513. The van der Waals surface area contributed by atoms with Crippen LogP contribution in [0.5, 0.6) is 0 Å². The average Bonchev–Trinajstić information content (AvgIpc) is 3.03. The van der Waals surface area contributed by atoms with Crippen LogP contribution >= 0.6 is 0 Å². The molecule has 0 radical (unpaired) electrons. The summed E-state index contributed by atoms with van der Waals surface area (Å²) in [7, 11) is 0. The van der Waals surface area contributed by atoms with Crippen LogP contribution in [0.4, 0.5) is 5.69 Å². The van der Waals surface area contributed by atoms with Gasteiger partial charge in [-0.15, -0.1) is 0 Å². The Balaban J connectivity index is 1.66. The van der Waals surface area contributed by atoms with Crippen LogP contribution in [0.25, 0.3) is 0 Å². The molecule has 0 bridgehead atoms. The summed E-state index contributed by atoms with van der Waals surface area (Å²) in [6, 6.07) is 5.36. The number of hydrogen-bond donors (Lipinski definition) is 0. The lowest BCUT2D eigenvalue weighted by atomic mass is 9.99. The van der Waals surface area contributed by atoms with Crippen molar-refractivity contribution < 1.29 is 19.2 Å². The van der Waals surface area contributed by atoms with E-state index in [-0.39, 0.29) is 29.4 Å². The second-order valence-corrected chi connectivity index (χ2v) is 5.60. The number of benzene rings is 1. The predicted octanol–water partition coefficient (Wildman–Crippen LogP) is 2.51. The van der Waals surface area contributed by atoms with Gasteiger partial charge in [0.2, 0.25) is 0 Å². The smallest absolute Gasteiger partial charge is 0.338 e. The number of fused-ring (bicyclic) bond motifs is 1. The molecule has 0 heterocycles. The number of carbonyl (C=O) groups is 2. The van der Waals surface area contributed by atoms with E-state index in [4.69, 9.17) is 4.74 Å². The summed E-state index contributed by atoms with van der Waals surface area (Å²) in [5.74, 6) is 0.0166. The van der Waals surface area contributed by atoms with E-state index in [0.717, 1.165) is 19.3 Å². The fourth-order valence-electron chi connectivity index (χ4n) is 3.38. The number of non-ortho nitro benzene ring substituents is 1. The van der Waals surface area contributed by atoms with Crippen molar-refractivity contribution in [2.24, 2.45) is 11.8 Å². The highest BCUT2D eigenvalue weighted by Crippen LogP contribution is 2.43. The number of hydrogen-bond acceptors (Lipinski definition) is 5. The third-order valence-corrected chi connectivity index (χ3v) is 4.47. The Hall–Kier alpha value is -2.24. The van der Waals surface area contributed by atoms with Gasteiger partial charge in [-0.2, -0.15) is 0 Å². The molecule has 3 unspecified atom stereocenters. The fraction of sp³-hybridized carbons (Fsp3) is 0.467. The second-order valence-electron chi connectivity index (χ2n) is 5.60. The van der Waals surface area contributed by atoms with Crippen LogP contribution < -0.4 is 0 Å². The highest BCUT2D eigenvalue weighted by molar-refractivity contribution is 5.90. The van der Waals surface area contributed by atoms with E-state index in [9.17, 15) is 19.7 Å². The molecule has 6 heteroatoms. The average molecular weight is 289 g/mol. The van der Waals surface area contributed by atoms with Gasteiger partial charge >= 0.3 is 5.97 Å². The Morgan fingerprint density at radius 2 is 1.90 bits per heavy atom. The fourth-order valence-corrected chi connectivity index (χ4v) is 3.38. The molecule has 0 aromatic heterocycles. The molecular formula is C15H15NO5. The molecule has 2 saturated carbocycles. The summed E-state index contributed by atoms with van der Waals surface area (Å²) in [5, 5.41) is 10.6. The molecule has 0 N–H and O–H groups in total. The lowest BCUT2D eigenvalue weighted by molar-refractivity contribution is -0.384. The number of carbonyl (C=O) groups excluding carboxylic acids is 2. The SMILES string of the molecule is O=C(OC1CCC2C(=O)CCC12)c1ccc([N+](=O)[O-])cc1. The molecule has 6 nitrogen and oxygen atoms in total. The topological polar surface area (TPSA) is 86.5 Å². The van der Waals surface area contributed by atoms with Gasteiger partial charge in [-0.3, -0.25) is 14.9 Å². The molecule has 1 aromatic rings. The van der Waals surface area contributed by atoms with Crippen molar-refractivity contribution in [3.05, 3.63) is 39.9 Å². The molecule has 3 atom stereocenters. The van der Waals surface area contributed by atoms with E-state index in [1.807, 2.05) is 0 Å². The van der Waals surface area contributed by atoms with Crippen LogP contribution in [0.1, 0.15) is 36.0 Å². The van der Waals surface area contributed by atoms with Crippen LogP contribution in [0.2, 0.25) is 0 Å². The molecule has 2 aliphatic carbocycles. The van der Waals surface area contributed by atoms with Gasteiger partial charge < -0.3 is 4.74 Å². The van der Waals surface area contributed by atoms with Gasteiger partial charge in [-0.25, -0.2) is 4.79 Å². The highest BCUT2D eigenvalue weighted by atomic mass is 16.6. The maximum Gasteiger partial charge on any atom is 0.338 e. The van der Waals surface area contributed by atoms with Gasteiger partial charge in [0.1, 0.15) is 11.9 Å². The van der Waals surface area contributed by atoms with E-state index in [0.29, 0.717) is 12.0 Å². The van der Waals surface area contributed by atoms with Crippen LogP contribution in [0, 0.1) is 22.0 Å². The summed E-state index contributed by atoms with van der Waals surface area (Å²) in [5.41, 5.74) is 0.238. The van der Waals surface area contributed by atoms with E-state index in [2.05, 4.69) is 0 Å². The van der Waals surface area contributed by atoms with Crippen LogP contribution in [0.3, 0.4) is 0 Å². The number of ether oxygens (including phenoxy) is 1. The molecule has 110 valence electrons. The number of nitrogens with zero attached hydrogens (tertiary/aromatic N) is 1. The van der Waals surface area contributed by atoms with Crippen molar-refractivity contribution in [2.45, 2.75) is 31.8 Å². The number of Topliss-reactive ketones (excluding diaryl/α,β-unsaturated/α-hetero) is 1. The number of nitro groups is 1. The largest absolute Gasteiger partial charge is 0.458 e. The number of ketones is 1. The zero-order valence-corrected chi connectivity index (χ0v) is 11.4. The molecule has 0 saturated heterocycles. The highest BCUT2D eigenvalue weighted by Gasteiger charge is 2.45. The Bertz CT molecular complexity index is 595. The predicted molar refractivity (Wildman–Crippen MR) is 72.8 cm³/mol. The van der Waals surface area contributed by atoms with Gasteiger partial charge in [-0.1, -0.05) is 0 Å². The summed E-state index contributed by atoms with van der Waals surface area (Å²) >= 11 is 0. The third kappa shape index (κ3) is 2.53. The summed E-state index contributed by atoms with van der Waals surface area (Å²) in [6.07, 6.45) is 2.69. The van der Waals surface area contributed by atoms with Gasteiger partial charge in [0.25, 0.3) is 5.69 Å². The van der Waals surface area contributed by atoms with Gasteiger partial charge in [-0.05, 0) is 31.4 Å². The van der Waals surface area contributed by atoms with Crippen molar-refractivity contribution >= 4 is 17.4 Å². The van der Waals surface area contributed by atoms with Gasteiger partial charge in [0.15, 0.2) is 0 Å². The van der Waals surface area contributed by atoms with E-state index < -0.39 is 10.9 Å². The Kier molecular flexibility index (Phi) is 3.45. The van der Waals surface area contributed by atoms with E-state index >= 15 is 0 Å². The Labute approximate surface area is 121 Å². The van der Waals surface area contributed by atoms with Crippen LogP contribution in [-0.2, 0) is 9.53 Å². The maximum absolute atomic E-state index is 12.1. The van der Waals surface area contributed by atoms with Crippen molar-refractivity contribution in [2.75, 3.05) is 0 Å². The van der Waals surface area contributed by atoms with E-state index in [1.165, 1.54) is 24.3 Å². The molecular weight excluding hydrogens is 274 g/mol. The molecule has 2 aliphatic rings. The molecule has 1 aromatic carbocycles. The van der Waals surface area contributed by atoms with Crippen molar-refractivity contribution in [3.8, 4) is 0 Å². The number of rotatable bonds is 3. The van der Waals surface area contributed by atoms with Crippen LogP contribution in [-0.4, -0.2) is 22.8 Å². The standard InChI is InChI=1S/C15H15NO5/c17-13-7-5-12-11(13)6-8-14(12)21-15(18)9-1-3-10(4-2-9)16(19)20/h1-4,11-12,14H,5-8H2. The summed E-state index contributed by atoms with van der Waals surface area (Å²) in [6.45, 7) is 0. The first-order valence-electron chi connectivity index (χ1n) is 7.04. The zero-order valence-electron chi connectivity index (χ0n) is 11.4. The number of nitro benzene ring substituents is 1. The first kappa shape index (κ1) is 13.7. The maximum atomic E-state index is 12.1. The Morgan fingerprint density at radius 3 is 2.57 bits per heavy atom. The minimum Gasteiger partial charge on any atom is -0.458 e. The first-order chi connectivity index (χ1) is 10.1. The lowest BCUT2D eigenvalue weighted by Crippen LogP contribution is -2.23. The first-order valence-corrected chi connectivity index (χ1v) is 7.04. The summed E-state index contributed by atoms with van der Waals surface area (Å²) in [4.78, 5) is 33.8. The van der Waals surface area contributed by atoms with Gasteiger partial charge in [0.05, 0.1) is 10.5 Å². The monoisotopic (exact) mass is 289 g/mol. The molecule has 0 aliphatic heterocycles. The molecule has 2 fully saturated rings. The molecule has 0 spiro atoms. The zero-order chi connectivity index (χ0) is 15.0. The molecule has 21 heavy (non-hydrogen) atoms. The lowest BCUT2D eigenvalue weighted by Gasteiger charge is -2.18. The molecule has 0 amide bonds.